The molecule has 0 radical (unpaired) electrons. The van der Waals surface area contributed by atoms with Crippen LogP contribution in [0.3, 0.4) is 0 Å². The van der Waals surface area contributed by atoms with Gasteiger partial charge in [0.15, 0.2) is 0 Å². The van der Waals surface area contributed by atoms with Crippen molar-refractivity contribution < 1.29 is 58.3 Å². The standard InChI is InChI=1S/C46H83O12P/c1-3-5-7-9-11-13-15-17-19-20-21-23-25-27-29-31-33-35-40(47)57-39(38-56-59(53,54)58-46-44(51)42(49)41(48)43(50)45(46)52)37-55-36-34-32-30-28-26-24-22-18-16-14-12-10-8-6-4-2/h5,7,11,13,16-19,39,41-46,48-52H,3-4,6,8-10,12,14-15,20-38H2,1-2H3,(H,53,54)/b7-5-,13-11-,18-16-,19-17-. The van der Waals surface area contributed by atoms with Gasteiger partial charge in [0.05, 0.1) is 13.2 Å². The first-order valence-electron chi connectivity index (χ1n) is 23.0. The Morgan fingerprint density at radius 2 is 1.00 bits per heavy atom. The van der Waals surface area contributed by atoms with Crippen LogP contribution in [0.5, 0.6) is 0 Å². The highest BCUT2D eigenvalue weighted by Gasteiger charge is 2.51. The fourth-order valence-electron chi connectivity index (χ4n) is 6.78. The van der Waals surface area contributed by atoms with Crippen molar-refractivity contribution in [2.45, 2.75) is 217 Å². The minimum Gasteiger partial charge on any atom is -0.457 e. The topological polar surface area (TPSA) is 192 Å². The van der Waals surface area contributed by atoms with E-state index in [4.69, 9.17) is 18.5 Å². The normalized spacial score (nSPS) is 22.9. The van der Waals surface area contributed by atoms with Crippen LogP contribution >= 0.6 is 7.82 Å². The maximum Gasteiger partial charge on any atom is 0.472 e. The Morgan fingerprint density at radius 3 is 1.54 bits per heavy atom. The number of hydrogen-bond donors (Lipinski definition) is 6. The van der Waals surface area contributed by atoms with Crippen LogP contribution < -0.4 is 0 Å². The average molecular weight is 859 g/mol. The van der Waals surface area contributed by atoms with Crippen molar-refractivity contribution in [3.8, 4) is 0 Å². The number of hydrogen-bond acceptors (Lipinski definition) is 11. The summed E-state index contributed by atoms with van der Waals surface area (Å²) in [6.45, 7) is 4.11. The molecule has 0 spiro atoms. The third-order valence-electron chi connectivity index (χ3n) is 10.4. The van der Waals surface area contributed by atoms with Crippen LogP contribution in [0.25, 0.3) is 0 Å². The number of phosphoric ester groups is 1. The predicted molar refractivity (Wildman–Crippen MR) is 235 cm³/mol. The van der Waals surface area contributed by atoms with Crippen LogP contribution in [0.2, 0.25) is 0 Å². The molecule has 59 heavy (non-hydrogen) atoms. The summed E-state index contributed by atoms with van der Waals surface area (Å²) in [4.78, 5) is 23.1. The van der Waals surface area contributed by atoms with E-state index in [1.54, 1.807) is 0 Å². The summed E-state index contributed by atoms with van der Waals surface area (Å²) in [7, 11) is -5.02. The first-order valence-corrected chi connectivity index (χ1v) is 24.5. The van der Waals surface area contributed by atoms with Gasteiger partial charge in [0.2, 0.25) is 0 Å². The van der Waals surface area contributed by atoms with Gasteiger partial charge in [0.1, 0.15) is 42.7 Å². The van der Waals surface area contributed by atoms with Crippen molar-refractivity contribution in [2.24, 2.45) is 0 Å². The van der Waals surface area contributed by atoms with Crippen molar-refractivity contribution in [3.63, 3.8) is 0 Å². The molecule has 344 valence electrons. The third-order valence-corrected chi connectivity index (χ3v) is 11.4. The maximum absolute atomic E-state index is 12.8. The number of esters is 1. The number of phosphoric acid groups is 1. The molecule has 6 unspecified atom stereocenters. The highest BCUT2D eigenvalue weighted by Crippen LogP contribution is 2.47. The van der Waals surface area contributed by atoms with Crippen molar-refractivity contribution in [3.05, 3.63) is 48.6 Å². The molecular formula is C46H83O12P. The van der Waals surface area contributed by atoms with Gasteiger partial charge in [-0.3, -0.25) is 13.8 Å². The molecule has 6 N–H and O–H groups in total. The summed E-state index contributed by atoms with van der Waals surface area (Å²) in [5.41, 5.74) is 0. The minimum atomic E-state index is -5.02. The second kappa shape index (κ2) is 36.9. The largest absolute Gasteiger partial charge is 0.472 e. The molecule has 0 heterocycles. The van der Waals surface area contributed by atoms with E-state index in [-0.39, 0.29) is 13.0 Å². The van der Waals surface area contributed by atoms with Crippen LogP contribution in [-0.4, -0.2) is 98.9 Å². The average Bonchev–Trinajstić information content (AvgIpc) is 3.22. The first-order chi connectivity index (χ1) is 28.5. The van der Waals surface area contributed by atoms with Crippen LogP contribution in [0.1, 0.15) is 174 Å². The lowest BCUT2D eigenvalue weighted by Gasteiger charge is -2.41. The van der Waals surface area contributed by atoms with Gasteiger partial charge in [-0.2, -0.15) is 0 Å². The van der Waals surface area contributed by atoms with Crippen molar-refractivity contribution in [1.82, 2.24) is 0 Å². The maximum atomic E-state index is 12.8. The zero-order chi connectivity index (χ0) is 43.4. The summed E-state index contributed by atoms with van der Waals surface area (Å²) < 4.78 is 34.2. The molecule has 6 atom stereocenters. The quantitative estimate of drug-likeness (QED) is 0.0150. The lowest BCUT2D eigenvalue weighted by atomic mass is 9.85. The van der Waals surface area contributed by atoms with E-state index >= 15 is 0 Å². The number of unbranched alkanes of at least 4 members (excludes halogenated alkanes) is 18. The molecule has 1 rings (SSSR count). The van der Waals surface area contributed by atoms with Gasteiger partial charge in [0.25, 0.3) is 0 Å². The Bertz CT molecular complexity index is 1160. The fraction of sp³-hybridized carbons (Fsp3) is 0.804. The van der Waals surface area contributed by atoms with E-state index in [0.717, 1.165) is 89.9 Å². The Hall–Kier alpha value is -1.70. The van der Waals surface area contributed by atoms with Gasteiger partial charge in [-0.1, -0.05) is 146 Å². The second-order valence-electron chi connectivity index (χ2n) is 15.9. The fourth-order valence-corrected chi connectivity index (χ4v) is 7.75. The molecule has 13 heteroatoms. The van der Waals surface area contributed by atoms with Gasteiger partial charge in [-0.05, 0) is 70.6 Å². The molecule has 0 amide bonds. The Morgan fingerprint density at radius 1 is 0.559 bits per heavy atom. The molecule has 1 fully saturated rings. The SMILES string of the molecule is CC/C=C\C/C=C\C/C=C\CCCCCCCCCC(=O)OC(COCCCCCCCC/C=C\CCCCCCC)COP(=O)(O)OC1C(O)C(O)C(O)C(O)C1O. The molecule has 0 aromatic carbocycles. The summed E-state index contributed by atoms with van der Waals surface area (Å²) in [6, 6.07) is 0. The molecule has 1 aliphatic carbocycles. The van der Waals surface area contributed by atoms with Crippen LogP contribution in [0.4, 0.5) is 0 Å². The Kier molecular flexibility index (Phi) is 34.6. The smallest absolute Gasteiger partial charge is 0.457 e. The van der Waals surface area contributed by atoms with Crippen molar-refractivity contribution in [1.29, 1.82) is 0 Å². The summed E-state index contributed by atoms with van der Waals surface area (Å²) >= 11 is 0. The van der Waals surface area contributed by atoms with Gasteiger partial charge in [-0.15, -0.1) is 0 Å². The van der Waals surface area contributed by atoms with E-state index in [1.807, 2.05) is 0 Å². The molecular weight excluding hydrogens is 775 g/mol. The first kappa shape index (κ1) is 55.3. The zero-order valence-electron chi connectivity index (χ0n) is 36.5. The molecule has 0 aromatic heterocycles. The highest BCUT2D eigenvalue weighted by atomic mass is 31.2. The third kappa shape index (κ3) is 29.3. The second-order valence-corrected chi connectivity index (χ2v) is 17.3. The van der Waals surface area contributed by atoms with Crippen molar-refractivity contribution in [2.75, 3.05) is 19.8 Å². The molecule has 0 aliphatic heterocycles. The van der Waals surface area contributed by atoms with Gasteiger partial charge in [0, 0.05) is 13.0 Å². The van der Waals surface area contributed by atoms with Gasteiger partial charge in [-0.25, -0.2) is 4.57 Å². The zero-order valence-corrected chi connectivity index (χ0v) is 37.4. The molecule has 0 bridgehead atoms. The van der Waals surface area contributed by atoms with E-state index in [1.165, 1.54) is 57.8 Å². The molecule has 0 saturated heterocycles. The Labute approximate surface area is 356 Å². The van der Waals surface area contributed by atoms with E-state index < -0.39 is 63.1 Å². The number of carbonyl (C=O) groups excluding carboxylic acids is 1. The number of aliphatic hydroxyl groups excluding tert-OH is 5. The van der Waals surface area contributed by atoms with E-state index in [9.17, 15) is 39.8 Å². The summed E-state index contributed by atoms with van der Waals surface area (Å²) in [5.74, 6) is -0.491. The van der Waals surface area contributed by atoms with E-state index in [2.05, 4.69) is 62.5 Å². The number of allylic oxidation sites excluding steroid dienone is 8. The van der Waals surface area contributed by atoms with Gasteiger partial charge >= 0.3 is 13.8 Å². The lowest BCUT2D eigenvalue weighted by Crippen LogP contribution is -2.64. The number of carbonyl (C=O) groups is 1. The molecule has 0 aromatic rings. The van der Waals surface area contributed by atoms with E-state index in [0.29, 0.717) is 13.0 Å². The summed E-state index contributed by atoms with van der Waals surface area (Å²) in [5, 5.41) is 50.2. The van der Waals surface area contributed by atoms with Crippen LogP contribution in [0, 0.1) is 0 Å². The Balaban J connectivity index is 2.41. The molecule has 1 saturated carbocycles. The van der Waals surface area contributed by atoms with Crippen LogP contribution in [0.15, 0.2) is 48.6 Å². The van der Waals surface area contributed by atoms with Crippen molar-refractivity contribution >= 4 is 13.8 Å². The number of rotatable bonds is 38. The number of aliphatic hydroxyl groups is 5. The summed E-state index contributed by atoms with van der Waals surface area (Å²) in [6.07, 6.45) is 31.7. The minimum absolute atomic E-state index is 0.0858. The predicted octanol–water partition coefficient (Wildman–Crippen LogP) is 9.25. The monoisotopic (exact) mass is 859 g/mol. The number of ether oxygens (including phenoxy) is 2. The highest BCUT2D eigenvalue weighted by molar-refractivity contribution is 7.47. The molecule has 12 nitrogen and oxygen atoms in total. The van der Waals surface area contributed by atoms with Crippen LogP contribution in [-0.2, 0) is 27.9 Å². The molecule has 1 aliphatic rings. The lowest BCUT2D eigenvalue weighted by molar-refractivity contribution is -0.220. The van der Waals surface area contributed by atoms with Gasteiger partial charge < -0.3 is 39.9 Å².